The number of para-hydroxylation sites is 1. The SMILES string of the molecule is Nc1c2ccccc2[nH]c2c1ccc1nccc(=O)c12. The molecule has 4 heteroatoms. The van der Waals surface area contributed by atoms with Crippen LogP contribution >= 0.6 is 0 Å². The minimum Gasteiger partial charge on any atom is -0.398 e. The summed E-state index contributed by atoms with van der Waals surface area (Å²) in [6.07, 6.45) is 1.53. The van der Waals surface area contributed by atoms with Crippen LogP contribution in [0.25, 0.3) is 32.7 Å². The normalized spacial score (nSPS) is 11.4. The number of nitrogens with zero attached hydrogens (tertiary/aromatic N) is 1. The number of hydrogen-bond acceptors (Lipinski definition) is 3. The maximum absolute atomic E-state index is 12.1. The van der Waals surface area contributed by atoms with Crippen LogP contribution in [0.1, 0.15) is 0 Å². The fourth-order valence-corrected chi connectivity index (χ4v) is 2.68. The molecular weight excluding hydrogens is 250 g/mol. The Morgan fingerprint density at radius 1 is 1.00 bits per heavy atom. The highest BCUT2D eigenvalue weighted by Gasteiger charge is 2.10. The number of hydrogen-bond donors (Lipinski definition) is 2. The quantitative estimate of drug-likeness (QED) is 0.377. The lowest BCUT2D eigenvalue weighted by molar-refractivity contribution is 1.39. The van der Waals surface area contributed by atoms with E-state index < -0.39 is 0 Å². The smallest absolute Gasteiger partial charge is 0.191 e. The Morgan fingerprint density at radius 2 is 1.85 bits per heavy atom. The molecule has 4 nitrogen and oxygen atoms in total. The first-order valence-corrected chi connectivity index (χ1v) is 6.33. The molecular formula is C16H11N3O. The summed E-state index contributed by atoms with van der Waals surface area (Å²) < 4.78 is 0. The Kier molecular flexibility index (Phi) is 2.09. The largest absolute Gasteiger partial charge is 0.398 e. The number of fused-ring (bicyclic) bond motifs is 4. The highest BCUT2D eigenvalue weighted by Crippen LogP contribution is 2.30. The van der Waals surface area contributed by atoms with Gasteiger partial charge < -0.3 is 10.7 Å². The summed E-state index contributed by atoms with van der Waals surface area (Å²) in [5, 5.41) is 2.39. The van der Waals surface area contributed by atoms with Crippen LogP contribution in [-0.4, -0.2) is 9.97 Å². The van der Waals surface area contributed by atoms with E-state index in [1.165, 1.54) is 12.3 Å². The van der Waals surface area contributed by atoms with E-state index in [1.807, 2.05) is 36.4 Å². The maximum Gasteiger partial charge on any atom is 0.191 e. The topological polar surface area (TPSA) is 71.8 Å². The first-order chi connectivity index (χ1) is 9.75. The molecule has 20 heavy (non-hydrogen) atoms. The number of anilines is 1. The lowest BCUT2D eigenvalue weighted by Gasteiger charge is -2.09. The van der Waals surface area contributed by atoms with Crippen molar-refractivity contribution in [2.24, 2.45) is 0 Å². The van der Waals surface area contributed by atoms with E-state index in [0.29, 0.717) is 16.6 Å². The average molecular weight is 261 g/mol. The molecule has 4 aromatic rings. The van der Waals surface area contributed by atoms with Crippen LogP contribution in [0.4, 0.5) is 5.69 Å². The molecule has 0 bridgehead atoms. The molecule has 0 atom stereocenters. The van der Waals surface area contributed by atoms with Crippen LogP contribution in [-0.2, 0) is 0 Å². The minimum absolute atomic E-state index is 0.0495. The Morgan fingerprint density at radius 3 is 2.75 bits per heavy atom. The summed E-state index contributed by atoms with van der Waals surface area (Å²) in [4.78, 5) is 19.7. The molecule has 0 spiro atoms. The second kappa shape index (κ2) is 3.81. The van der Waals surface area contributed by atoms with Gasteiger partial charge in [-0.2, -0.15) is 0 Å². The zero-order valence-electron chi connectivity index (χ0n) is 10.6. The second-order valence-electron chi connectivity index (χ2n) is 4.78. The lowest BCUT2D eigenvalue weighted by Crippen LogP contribution is -2.03. The number of nitrogens with two attached hydrogens (primary N) is 1. The Labute approximate surface area is 113 Å². The summed E-state index contributed by atoms with van der Waals surface area (Å²) in [6, 6.07) is 13.0. The van der Waals surface area contributed by atoms with Crippen molar-refractivity contribution in [3.8, 4) is 0 Å². The van der Waals surface area contributed by atoms with Gasteiger partial charge in [-0.3, -0.25) is 9.78 Å². The van der Waals surface area contributed by atoms with Gasteiger partial charge in [-0.25, -0.2) is 0 Å². The summed E-state index contributed by atoms with van der Waals surface area (Å²) >= 11 is 0. The molecule has 2 aromatic carbocycles. The Balaban J connectivity index is 2.37. The van der Waals surface area contributed by atoms with Crippen LogP contribution in [0, 0.1) is 0 Å². The highest BCUT2D eigenvalue weighted by molar-refractivity contribution is 6.14. The van der Waals surface area contributed by atoms with Gasteiger partial charge >= 0.3 is 0 Å². The monoisotopic (exact) mass is 261 g/mol. The summed E-state index contributed by atoms with van der Waals surface area (Å²) in [5.41, 5.74) is 9.22. The molecule has 0 saturated carbocycles. The molecule has 0 fully saturated rings. The molecule has 2 heterocycles. The first-order valence-electron chi connectivity index (χ1n) is 6.33. The van der Waals surface area contributed by atoms with Gasteiger partial charge in [0.25, 0.3) is 0 Å². The van der Waals surface area contributed by atoms with Crippen LogP contribution in [0.5, 0.6) is 0 Å². The van der Waals surface area contributed by atoms with E-state index >= 15 is 0 Å². The molecule has 0 unspecified atom stereocenters. The zero-order valence-corrected chi connectivity index (χ0v) is 10.6. The van der Waals surface area contributed by atoms with Crippen LogP contribution in [0.2, 0.25) is 0 Å². The van der Waals surface area contributed by atoms with Crippen LogP contribution in [0.3, 0.4) is 0 Å². The van der Waals surface area contributed by atoms with Gasteiger partial charge in [0.15, 0.2) is 5.43 Å². The fraction of sp³-hybridized carbons (Fsp3) is 0. The van der Waals surface area contributed by atoms with Gasteiger partial charge in [-0.15, -0.1) is 0 Å². The number of nitrogens with one attached hydrogen (secondary N) is 1. The van der Waals surface area contributed by atoms with E-state index in [4.69, 9.17) is 5.73 Å². The van der Waals surface area contributed by atoms with Gasteiger partial charge in [-0.1, -0.05) is 18.2 Å². The molecule has 2 aromatic heterocycles. The summed E-state index contributed by atoms with van der Waals surface area (Å²) in [7, 11) is 0. The lowest BCUT2D eigenvalue weighted by atomic mass is 10.0. The van der Waals surface area contributed by atoms with Gasteiger partial charge in [0.1, 0.15) is 0 Å². The molecule has 0 aliphatic heterocycles. The third kappa shape index (κ3) is 1.36. The molecule has 0 amide bonds. The second-order valence-corrected chi connectivity index (χ2v) is 4.78. The molecule has 0 saturated heterocycles. The number of nitrogen functional groups attached to an aromatic ring is 1. The van der Waals surface area contributed by atoms with Crippen molar-refractivity contribution in [2.75, 3.05) is 5.73 Å². The van der Waals surface area contributed by atoms with Crippen molar-refractivity contribution in [3.05, 3.63) is 58.9 Å². The molecule has 4 rings (SSSR count). The van der Waals surface area contributed by atoms with E-state index in [1.54, 1.807) is 0 Å². The van der Waals surface area contributed by atoms with E-state index in [0.717, 1.165) is 21.8 Å². The number of rotatable bonds is 0. The first kappa shape index (κ1) is 11.0. The van der Waals surface area contributed by atoms with Gasteiger partial charge in [0.2, 0.25) is 0 Å². The number of aromatic amines is 1. The zero-order chi connectivity index (χ0) is 13.7. The summed E-state index contributed by atoms with van der Waals surface area (Å²) in [5.74, 6) is 0. The number of aromatic nitrogens is 2. The Bertz CT molecular complexity index is 1030. The maximum atomic E-state index is 12.1. The predicted octanol–water partition coefficient (Wildman–Crippen LogP) is 2.81. The van der Waals surface area contributed by atoms with Crippen molar-refractivity contribution in [2.45, 2.75) is 0 Å². The Hall–Kier alpha value is -2.88. The number of pyridine rings is 2. The third-order valence-corrected chi connectivity index (χ3v) is 3.64. The molecule has 3 N–H and O–H groups in total. The molecule has 0 aliphatic rings. The van der Waals surface area contributed by atoms with E-state index in [9.17, 15) is 4.79 Å². The molecule has 0 radical (unpaired) electrons. The van der Waals surface area contributed by atoms with Crippen LogP contribution in [0.15, 0.2) is 53.5 Å². The van der Waals surface area contributed by atoms with Crippen molar-refractivity contribution in [3.63, 3.8) is 0 Å². The summed E-state index contributed by atoms with van der Waals surface area (Å²) in [6.45, 7) is 0. The van der Waals surface area contributed by atoms with Crippen LogP contribution < -0.4 is 11.2 Å². The minimum atomic E-state index is -0.0495. The number of benzene rings is 2. The fourth-order valence-electron chi connectivity index (χ4n) is 2.68. The van der Waals surface area contributed by atoms with Gasteiger partial charge in [0, 0.05) is 28.6 Å². The standard InChI is InChI=1S/C16H11N3O/c17-15-9-3-1-2-4-11(9)19-16-10(15)5-6-12-14(16)13(20)7-8-18-12/h1-8,19H,17H2. The van der Waals surface area contributed by atoms with Crippen molar-refractivity contribution < 1.29 is 0 Å². The van der Waals surface area contributed by atoms with Gasteiger partial charge in [0.05, 0.1) is 22.1 Å². The van der Waals surface area contributed by atoms with Crippen molar-refractivity contribution in [1.29, 1.82) is 0 Å². The van der Waals surface area contributed by atoms with Gasteiger partial charge in [-0.05, 0) is 18.2 Å². The van der Waals surface area contributed by atoms with E-state index in [-0.39, 0.29) is 5.43 Å². The highest BCUT2D eigenvalue weighted by atomic mass is 16.1. The van der Waals surface area contributed by atoms with E-state index in [2.05, 4.69) is 9.97 Å². The molecule has 0 aliphatic carbocycles. The van der Waals surface area contributed by atoms with Crippen molar-refractivity contribution in [1.82, 2.24) is 9.97 Å². The predicted molar refractivity (Wildman–Crippen MR) is 81.8 cm³/mol. The van der Waals surface area contributed by atoms with Crippen molar-refractivity contribution >= 4 is 38.4 Å². The molecule has 96 valence electrons. The average Bonchev–Trinajstić information content (AvgIpc) is 2.47. The third-order valence-electron chi connectivity index (χ3n) is 3.64. The number of H-pyrrole nitrogens is 1.